The number of amides is 2. The molecule has 1 aliphatic heterocycles. The minimum absolute atomic E-state index is 0.139. The predicted octanol–water partition coefficient (Wildman–Crippen LogP) is 4.18. The van der Waals surface area contributed by atoms with Crippen LogP contribution >= 0.6 is 0 Å². The van der Waals surface area contributed by atoms with Gasteiger partial charge in [-0.1, -0.05) is 31.9 Å². The summed E-state index contributed by atoms with van der Waals surface area (Å²) in [6, 6.07) is 13.4. The molecular formula is C25H28N4O3. The van der Waals surface area contributed by atoms with Gasteiger partial charge in [0.2, 0.25) is 5.91 Å². The molecule has 0 radical (unpaired) electrons. The van der Waals surface area contributed by atoms with Gasteiger partial charge in [0.1, 0.15) is 16.9 Å². The molecule has 7 heteroatoms. The van der Waals surface area contributed by atoms with Crippen molar-refractivity contribution in [1.29, 1.82) is 0 Å². The molecule has 1 aliphatic carbocycles. The molecule has 1 saturated carbocycles. The minimum atomic E-state index is -1.11. The lowest BCUT2D eigenvalue weighted by molar-refractivity contribution is -0.127. The van der Waals surface area contributed by atoms with Gasteiger partial charge in [-0.2, -0.15) is 5.10 Å². The number of nitrogens with zero attached hydrogens (tertiary/aromatic N) is 3. The number of hydrogen-bond donors (Lipinski definition) is 1. The first kappa shape index (κ1) is 20.5. The van der Waals surface area contributed by atoms with Crippen LogP contribution in [0, 0.1) is 0 Å². The molecule has 0 bridgehead atoms. The van der Waals surface area contributed by atoms with Crippen molar-refractivity contribution in [3.05, 3.63) is 60.0 Å². The van der Waals surface area contributed by atoms with Gasteiger partial charge in [0.15, 0.2) is 5.76 Å². The summed E-state index contributed by atoms with van der Waals surface area (Å²) in [5.74, 6) is 0.218. The van der Waals surface area contributed by atoms with Crippen LogP contribution in [0.15, 0.2) is 53.1 Å². The fourth-order valence-corrected chi connectivity index (χ4v) is 4.86. The molecule has 1 atom stereocenters. The van der Waals surface area contributed by atoms with Gasteiger partial charge in [-0.15, -0.1) is 0 Å². The van der Waals surface area contributed by atoms with Gasteiger partial charge in [0.05, 0.1) is 12.8 Å². The highest BCUT2D eigenvalue weighted by Gasteiger charge is 2.49. The summed E-state index contributed by atoms with van der Waals surface area (Å²) in [6.45, 7) is 4.18. The van der Waals surface area contributed by atoms with E-state index in [2.05, 4.69) is 17.3 Å². The largest absolute Gasteiger partial charge is 0.463 e. The summed E-state index contributed by atoms with van der Waals surface area (Å²) in [4.78, 5) is 29.1. The molecule has 7 nitrogen and oxygen atoms in total. The second kappa shape index (κ2) is 7.97. The minimum Gasteiger partial charge on any atom is -0.463 e. The van der Waals surface area contributed by atoms with Crippen LogP contribution in [-0.4, -0.2) is 33.2 Å². The van der Waals surface area contributed by atoms with E-state index in [0.717, 1.165) is 43.4 Å². The van der Waals surface area contributed by atoms with Crippen molar-refractivity contribution in [2.24, 2.45) is 0 Å². The van der Waals surface area contributed by atoms with Crippen LogP contribution in [0.5, 0.6) is 0 Å². The third kappa shape index (κ3) is 3.42. The molecular weight excluding hydrogens is 404 g/mol. The zero-order chi connectivity index (χ0) is 22.3. The van der Waals surface area contributed by atoms with Crippen LogP contribution in [0.2, 0.25) is 0 Å². The number of anilines is 1. The van der Waals surface area contributed by atoms with Gasteiger partial charge in [-0.05, 0) is 56.0 Å². The Morgan fingerprint density at radius 2 is 2.03 bits per heavy atom. The summed E-state index contributed by atoms with van der Waals surface area (Å²) in [6.07, 6.45) is 6.64. The lowest BCUT2D eigenvalue weighted by Crippen LogP contribution is -2.65. The first-order chi connectivity index (χ1) is 15.5. The molecule has 1 N–H and O–H groups in total. The van der Waals surface area contributed by atoms with Crippen molar-refractivity contribution in [3.8, 4) is 11.5 Å². The van der Waals surface area contributed by atoms with E-state index >= 15 is 0 Å². The highest BCUT2D eigenvalue weighted by atomic mass is 16.3. The normalized spacial score (nSPS) is 21.1. The average molecular weight is 433 g/mol. The predicted molar refractivity (Wildman–Crippen MR) is 121 cm³/mol. The van der Waals surface area contributed by atoms with Crippen LogP contribution in [-0.2, 0) is 17.8 Å². The van der Waals surface area contributed by atoms with Crippen molar-refractivity contribution < 1.29 is 14.0 Å². The first-order valence-corrected chi connectivity index (χ1v) is 11.4. The van der Waals surface area contributed by atoms with E-state index in [9.17, 15) is 9.59 Å². The maximum absolute atomic E-state index is 13.8. The molecule has 1 fully saturated rings. The zero-order valence-electron chi connectivity index (χ0n) is 18.5. The number of furan rings is 1. The molecule has 0 spiro atoms. The summed E-state index contributed by atoms with van der Waals surface area (Å²) < 4.78 is 7.13. The molecule has 3 aromatic rings. The van der Waals surface area contributed by atoms with Gasteiger partial charge >= 0.3 is 0 Å². The summed E-state index contributed by atoms with van der Waals surface area (Å²) in [5, 5.41) is 7.82. The van der Waals surface area contributed by atoms with E-state index in [-0.39, 0.29) is 24.4 Å². The topological polar surface area (TPSA) is 80.4 Å². The second-order valence-electron chi connectivity index (χ2n) is 8.94. The van der Waals surface area contributed by atoms with E-state index in [4.69, 9.17) is 4.42 Å². The smallest absolute Gasteiger partial charge is 0.277 e. The van der Waals surface area contributed by atoms with Crippen LogP contribution < -0.4 is 10.2 Å². The highest BCUT2D eigenvalue weighted by Crippen LogP contribution is 2.35. The highest BCUT2D eigenvalue weighted by molar-refractivity contribution is 6.12. The van der Waals surface area contributed by atoms with Crippen molar-refractivity contribution in [2.75, 3.05) is 4.90 Å². The zero-order valence-corrected chi connectivity index (χ0v) is 18.5. The Kier molecular flexibility index (Phi) is 5.12. The Hall–Kier alpha value is -3.35. The van der Waals surface area contributed by atoms with Crippen molar-refractivity contribution in [2.45, 2.75) is 64.1 Å². The summed E-state index contributed by atoms with van der Waals surface area (Å²) in [7, 11) is 0. The third-order valence-corrected chi connectivity index (χ3v) is 6.68. The molecule has 0 saturated heterocycles. The molecule has 1 aromatic carbocycles. The molecule has 2 amide bonds. The monoisotopic (exact) mass is 432 g/mol. The van der Waals surface area contributed by atoms with Gasteiger partial charge in [0, 0.05) is 17.8 Å². The summed E-state index contributed by atoms with van der Waals surface area (Å²) in [5.41, 5.74) is 1.77. The van der Waals surface area contributed by atoms with Crippen LogP contribution in [0.4, 0.5) is 5.69 Å². The van der Waals surface area contributed by atoms with Gasteiger partial charge in [0.25, 0.3) is 5.91 Å². The second-order valence-corrected chi connectivity index (χ2v) is 8.94. The SMILES string of the molecule is CCc1cccc(N2C(=O)c3cc(-c4ccco4)nn3CC2(C)C(=O)NC2CCCC2)c1. The Bertz CT molecular complexity index is 1140. The van der Waals surface area contributed by atoms with Crippen molar-refractivity contribution in [1.82, 2.24) is 15.1 Å². The number of rotatable bonds is 5. The van der Waals surface area contributed by atoms with E-state index in [1.807, 2.05) is 37.3 Å². The molecule has 3 heterocycles. The lowest BCUT2D eigenvalue weighted by atomic mass is 9.93. The number of fused-ring (bicyclic) bond motifs is 1. The van der Waals surface area contributed by atoms with Crippen LogP contribution in [0.1, 0.15) is 55.6 Å². The fourth-order valence-electron chi connectivity index (χ4n) is 4.86. The quantitative estimate of drug-likeness (QED) is 0.656. The van der Waals surface area contributed by atoms with Crippen LogP contribution in [0.3, 0.4) is 0 Å². The first-order valence-electron chi connectivity index (χ1n) is 11.4. The third-order valence-electron chi connectivity index (χ3n) is 6.68. The molecule has 2 aromatic heterocycles. The molecule has 166 valence electrons. The van der Waals surface area contributed by atoms with Gasteiger partial charge in [-0.25, -0.2) is 0 Å². The van der Waals surface area contributed by atoms with Crippen molar-refractivity contribution >= 4 is 17.5 Å². The lowest BCUT2D eigenvalue weighted by Gasteiger charge is -2.43. The molecule has 32 heavy (non-hydrogen) atoms. The van der Waals surface area contributed by atoms with Gasteiger partial charge in [-0.3, -0.25) is 19.2 Å². The van der Waals surface area contributed by atoms with E-state index in [0.29, 0.717) is 17.1 Å². The Labute approximate surface area is 187 Å². The van der Waals surface area contributed by atoms with Crippen molar-refractivity contribution in [3.63, 3.8) is 0 Å². The van der Waals surface area contributed by atoms with E-state index < -0.39 is 5.54 Å². The Morgan fingerprint density at radius 3 is 2.75 bits per heavy atom. The molecule has 1 unspecified atom stereocenters. The van der Waals surface area contributed by atoms with E-state index in [1.54, 1.807) is 28.0 Å². The maximum atomic E-state index is 13.8. The Balaban J connectivity index is 1.59. The number of benzene rings is 1. The fraction of sp³-hybridized carbons (Fsp3) is 0.400. The van der Waals surface area contributed by atoms with Gasteiger partial charge < -0.3 is 9.73 Å². The number of aryl methyl sites for hydroxylation is 1. The summed E-state index contributed by atoms with van der Waals surface area (Å²) >= 11 is 0. The number of carbonyl (C=O) groups excluding carboxylic acids is 2. The van der Waals surface area contributed by atoms with E-state index in [1.165, 1.54) is 0 Å². The number of nitrogens with one attached hydrogen (secondary N) is 1. The Morgan fingerprint density at radius 1 is 1.22 bits per heavy atom. The molecule has 5 rings (SSSR count). The average Bonchev–Trinajstić information content (AvgIpc) is 3.55. The maximum Gasteiger partial charge on any atom is 0.277 e. The molecule has 2 aliphatic rings. The standard InChI is InChI=1S/C25H28N4O3/c1-3-17-8-6-11-19(14-17)29-23(30)21-15-20(22-12-7-13-32-22)27-28(21)16-25(29,2)24(31)26-18-9-4-5-10-18/h6-8,11-15,18H,3-5,9-10,16H2,1-2H3,(H,26,31). The van der Waals surface area contributed by atoms with Crippen LogP contribution in [0.25, 0.3) is 11.5 Å². The number of hydrogen-bond acceptors (Lipinski definition) is 4. The number of carbonyl (C=O) groups is 2. The number of aromatic nitrogens is 2.